The van der Waals surface area contributed by atoms with Crippen LogP contribution in [0.25, 0.3) is 0 Å². The van der Waals surface area contributed by atoms with Crippen LogP contribution in [0, 0.1) is 15.9 Å². The lowest BCUT2D eigenvalue weighted by molar-refractivity contribution is -0.385. The SMILES string of the molecule is O=[N+]([O-])c1cc(NCc2ccc(F)cc2Cl)ccc1Br. The van der Waals surface area contributed by atoms with Crippen LogP contribution in [0.4, 0.5) is 15.8 Å². The summed E-state index contributed by atoms with van der Waals surface area (Å²) in [5, 5.41) is 14.1. The number of halogens is 3. The first kappa shape index (κ1) is 14.7. The van der Waals surface area contributed by atoms with Gasteiger partial charge in [-0.1, -0.05) is 17.7 Å². The van der Waals surface area contributed by atoms with Crippen molar-refractivity contribution in [3.63, 3.8) is 0 Å². The van der Waals surface area contributed by atoms with Crippen molar-refractivity contribution in [3.05, 3.63) is 67.4 Å². The van der Waals surface area contributed by atoms with E-state index >= 15 is 0 Å². The van der Waals surface area contributed by atoms with Gasteiger partial charge in [0, 0.05) is 23.3 Å². The van der Waals surface area contributed by atoms with Crippen molar-refractivity contribution in [1.29, 1.82) is 0 Å². The van der Waals surface area contributed by atoms with Crippen LogP contribution in [-0.4, -0.2) is 4.92 Å². The summed E-state index contributed by atoms with van der Waals surface area (Å²) < 4.78 is 13.3. The molecule has 7 heteroatoms. The Kier molecular flexibility index (Phi) is 4.57. The minimum absolute atomic E-state index is 0.0276. The maximum Gasteiger partial charge on any atom is 0.285 e. The number of hydrogen-bond donors (Lipinski definition) is 1. The van der Waals surface area contributed by atoms with Crippen LogP contribution in [0.1, 0.15) is 5.56 Å². The van der Waals surface area contributed by atoms with E-state index in [9.17, 15) is 14.5 Å². The van der Waals surface area contributed by atoms with Crippen LogP contribution in [0.3, 0.4) is 0 Å². The van der Waals surface area contributed by atoms with Gasteiger partial charge in [0.2, 0.25) is 0 Å². The molecule has 0 saturated carbocycles. The van der Waals surface area contributed by atoms with Crippen molar-refractivity contribution >= 4 is 38.9 Å². The standard InChI is InChI=1S/C13H9BrClFN2O2/c14-11-4-3-10(6-13(11)18(19)20)17-7-8-1-2-9(16)5-12(8)15/h1-6,17H,7H2. The molecule has 0 unspecified atom stereocenters. The Hall–Kier alpha value is -1.66. The fourth-order valence-corrected chi connectivity index (χ4v) is 2.25. The third-order valence-electron chi connectivity index (χ3n) is 2.64. The summed E-state index contributed by atoms with van der Waals surface area (Å²) in [6.07, 6.45) is 0. The highest BCUT2D eigenvalue weighted by molar-refractivity contribution is 9.10. The average molecular weight is 360 g/mol. The Morgan fingerprint density at radius 3 is 2.70 bits per heavy atom. The number of anilines is 1. The molecule has 0 aliphatic rings. The highest BCUT2D eigenvalue weighted by atomic mass is 79.9. The van der Waals surface area contributed by atoms with Crippen molar-refractivity contribution in [2.75, 3.05) is 5.32 Å². The summed E-state index contributed by atoms with van der Waals surface area (Å²) in [4.78, 5) is 10.4. The number of rotatable bonds is 4. The van der Waals surface area contributed by atoms with Crippen LogP contribution in [0.2, 0.25) is 5.02 Å². The van der Waals surface area contributed by atoms with Crippen LogP contribution >= 0.6 is 27.5 Å². The summed E-state index contributed by atoms with van der Waals surface area (Å²) in [6.45, 7) is 0.345. The predicted octanol–water partition coefficient (Wildman–Crippen LogP) is 4.76. The first-order chi connectivity index (χ1) is 9.47. The van der Waals surface area contributed by atoms with Gasteiger partial charge in [-0.2, -0.15) is 0 Å². The molecule has 0 heterocycles. The van der Waals surface area contributed by atoms with E-state index in [1.165, 1.54) is 18.2 Å². The Morgan fingerprint density at radius 2 is 2.05 bits per heavy atom. The van der Waals surface area contributed by atoms with Crippen LogP contribution in [0.15, 0.2) is 40.9 Å². The lowest BCUT2D eigenvalue weighted by atomic mass is 10.2. The summed E-state index contributed by atoms with van der Waals surface area (Å²) in [6, 6.07) is 8.82. The van der Waals surface area contributed by atoms with Crippen molar-refractivity contribution in [2.24, 2.45) is 0 Å². The molecule has 0 aromatic heterocycles. The van der Waals surface area contributed by atoms with E-state index in [1.54, 1.807) is 18.2 Å². The molecule has 0 amide bonds. The van der Waals surface area contributed by atoms with Crippen molar-refractivity contribution < 1.29 is 9.31 Å². The molecule has 0 aliphatic carbocycles. The fourth-order valence-electron chi connectivity index (χ4n) is 1.62. The predicted molar refractivity (Wildman–Crippen MR) is 79.5 cm³/mol. The molecule has 0 fully saturated rings. The Balaban J connectivity index is 2.15. The monoisotopic (exact) mass is 358 g/mol. The van der Waals surface area contributed by atoms with E-state index in [2.05, 4.69) is 21.2 Å². The molecule has 4 nitrogen and oxygen atoms in total. The van der Waals surface area contributed by atoms with E-state index < -0.39 is 10.7 Å². The second-order valence-corrected chi connectivity index (χ2v) is 5.27. The van der Waals surface area contributed by atoms with Gasteiger partial charge in [-0.25, -0.2) is 4.39 Å². The summed E-state index contributed by atoms with van der Waals surface area (Å²) in [5.74, 6) is -0.405. The minimum atomic E-state index is -0.472. The highest BCUT2D eigenvalue weighted by Gasteiger charge is 2.12. The van der Waals surface area contributed by atoms with Crippen LogP contribution < -0.4 is 5.32 Å². The zero-order chi connectivity index (χ0) is 14.7. The van der Waals surface area contributed by atoms with Gasteiger partial charge in [-0.05, 0) is 45.8 Å². The molecule has 0 radical (unpaired) electrons. The van der Waals surface area contributed by atoms with E-state index in [-0.39, 0.29) is 5.69 Å². The molecule has 0 saturated heterocycles. The van der Waals surface area contributed by atoms with E-state index in [0.717, 1.165) is 0 Å². The summed E-state index contributed by atoms with van der Waals surface area (Å²) in [7, 11) is 0. The molecule has 0 bridgehead atoms. The van der Waals surface area contributed by atoms with Gasteiger partial charge in [0.05, 0.1) is 9.40 Å². The van der Waals surface area contributed by atoms with E-state index in [1.807, 2.05) is 0 Å². The zero-order valence-corrected chi connectivity index (χ0v) is 12.4. The maximum atomic E-state index is 12.9. The fraction of sp³-hybridized carbons (Fsp3) is 0.0769. The number of benzene rings is 2. The van der Waals surface area contributed by atoms with Gasteiger partial charge >= 0.3 is 0 Å². The van der Waals surface area contributed by atoms with Gasteiger partial charge in [-0.15, -0.1) is 0 Å². The smallest absolute Gasteiger partial charge is 0.285 e. The van der Waals surface area contributed by atoms with Crippen molar-refractivity contribution in [2.45, 2.75) is 6.54 Å². The molecule has 2 aromatic carbocycles. The molecule has 0 spiro atoms. The highest BCUT2D eigenvalue weighted by Crippen LogP contribution is 2.28. The minimum Gasteiger partial charge on any atom is -0.381 e. The van der Waals surface area contributed by atoms with Crippen molar-refractivity contribution in [1.82, 2.24) is 0 Å². The first-order valence-electron chi connectivity index (χ1n) is 5.59. The molecule has 20 heavy (non-hydrogen) atoms. The first-order valence-corrected chi connectivity index (χ1v) is 6.76. The number of nitro groups is 1. The summed E-state index contributed by atoms with van der Waals surface area (Å²) >= 11 is 9.02. The third-order valence-corrected chi connectivity index (χ3v) is 3.66. The maximum absolute atomic E-state index is 12.9. The largest absolute Gasteiger partial charge is 0.381 e. The van der Waals surface area contributed by atoms with Gasteiger partial charge < -0.3 is 5.32 Å². The number of nitrogens with zero attached hydrogens (tertiary/aromatic N) is 1. The lowest BCUT2D eigenvalue weighted by Crippen LogP contribution is -2.01. The van der Waals surface area contributed by atoms with E-state index in [0.29, 0.717) is 27.3 Å². The molecule has 2 rings (SSSR count). The third kappa shape index (κ3) is 3.46. The molecule has 0 atom stereocenters. The molecule has 1 N–H and O–H groups in total. The van der Waals surface area contributed by atoms with Gasteiger partial charge in [0.1, 0.15) is 5.82 Å². The molecule has 104 valence electrons. The van der Waals surface area contributed by atoms with Gasteiger partial charge in [0.25, 0.3) is 5.69 Å². The normalized spacial score (nSPS) is 10.3. The van der Waals surface area contributed by atoms with E-state index in [4.69, 9.17) is 11.6 Å². The molecular formula is C13H9BrClFN2O2. The zero-order valence-electron chi connectivity index (χ0n) is 10.1. The summed E-state index contributed by atoms with van der Waals surface area (Å²) in [5.41, 5.74) is 1.26. The topological polar surface area (TPSA) is 55.2 Å². The number of hydrogen-bond acceptors (Lipinski definition) is 3. The number of nitrogens with one attached hydrogen (secondary N) is 1. The number of nitro benzene ring substituents is 1. The lowest BCUT2D eigenvalue weighted by Gasteiger charge is -2.08. The molecular weight excluding hydrogens is 351 g/mol. The Bertz CT molecular complexity index is 667. The van der Waals surface area contributed by atoms with Crippen LogP contribution in [0.5, 0.6) is 0 Å². The molecule has 0 aliphatic heterocycles. The Morgan fingerprint density at radius 1 is 1.30 bits per heavy atom. The van der Waals surface area contributed by atoms with Crippen molar-refractivity contribution in [3.8, 4) is 0 Å². The van der Waals surface area contributed by atoms with Gasteiger partial charge in [0.15, 0.2) is 0 Å². The van der Waals surface area contributed by atoms with Crippen LogP contribution in [-0.2, 0) is 6.54 Å². The van der Waals surface area contributed by atoms with Gasteiger partial charge in [-0.3, -0.25) is 10.1 Å². The Labute approximate surface area is 127 Å². The molecule has 2 aromatic rings. The second kappa shape index (κ2) is 6.19. The average Bonchev–Trinajstić information content (AvgIpc) is 2.39. The quantitative estimate of drug-likeness (QED) is 0.632. The second-order valence-electron chi connectivity index (χ2n) is 4.01.